The van der Waals surface area contributed by atoms with Crippen LogP contribution in [0.25, 0.3) is 0 Å². The molecular weight excluding hydrogens is 222 g/mol. The van der Waals surface area contributed by atoms with Crippen LogP contribution in [0.2, 0.25) is 0 Å². The highest BCUT2D eigenvalue weighted by atomic mass is 16.4. The maximum atomic E-state index is 11.6. The quantitative estimate of drug-likeness (QED) is 0.613. The fourth-order valence-corrected chi connectivity index (χ4v) is 1.62. The van der Waals surface area contributed by atoms with Crippen LogP contribution in [0.5, 0.6) is 0 Å². The highest BCUT2D eigenvalue weighted by Crippen LogP contribution is 2.25. The molecule has 0 aliphatic carbocycles. The molecule has 1 aromatic rings. The van der Waals surface area contributed by atoms with E-state index in [1.807, 2.05) is 0 Å². The average Bonchev–Trinajstić information content (AvgIpc) is 2.53. The van der Waals surface area contributed by atoms with Crippen LogP contribution in [0.15, 0.2) is 36.4 Å². The molecule has 0 unspecified atom stereocenters. The van der Waals surface area contributed by atoms with E-state index in [1.54, 1.807) is 0 Å². The molecule has 0 radical (unpaired) electrons. The number of amides is 2. The minimum Gasteiger partial charge on any atom is -0.478 e. The third-order valence-corrected chi connectivity index (χ3v) is 2.49. The van der Waals surface area contributed by atoms with E-state index in [9.17, 15) is 14.4 Å². The van der Waals surface area contributed by atoms with Crippen LogP contribution in [0.4, 0.5) is 5.69 Å². The first kappa shape index (κ1) is 11.1. The Balaban J connectivity index is 2.35. The van der Waals surface area contributed by atoms with Gasteiger partial charge < -0.3 is 5.11 Å². The zero-order valence-corrected chi connectivity index (χ0v) is 8.84. The summed E-state index contributed by atoms with van der Waals surface area (Å²) in [4.78, 5) is 34.8. The van der Waals surface area contributed by atoms with Crippen LogP contribution in [-0.2, 0) is 9.59 Å². The number of aromatic carboxylic acids is 1. The van der Waals surface area contributed by atoms with Gasteiger partial charge in [0.05, 0.1) is 17.7 Å². The summed E-state index contributed by atoms with van der Waals surface area (Å²) in [6, 6.07) is 5.55. The number of carboxylic acid groups (broad SMARTS) is 1. The standard InChI is InChI=1S/C12H9NO4/c1-7-6-10(14)13(11(7)15)9-4-2-8(3-5-9)12(16)17/h2-5H,1,6H2,(H,16,17). The number of imide groups is 1. The lowest BCUT2D eigenvalue weighted by Gasteiger charge is -2.13. The van der Waals surface area contributed by atoms with Gasteiger partial charge in [-0.2, -0.15) is 0 Å². The maximum Gasteiger partial charge on any atom is 0.335 e. The van der Waals surface area contributed by atoms with Gasteiger partial charge in [0.25, 0.3) is 5.91 Å². The molecule has 2 amide bonds. The van der Waals surface area contributed by atoms with E-state index < -0.39 is 11.9 Å². The second-order valence-electron chi connectivity index (χ2n) is 3.67. The zero-order valence-electron chi connectivity index (χ0n) is 8.84. The van der Waals surface area contributed by atoms with Crippen molar-refractivity contribution in [1.29, 1.82) is 0 Å². The molecule has 1 heterocycles. The molecule has 0 atom stereocenters. The summed E-state index contributed by atoms with van der Waals surface area (Å²) >= 11 is 0. The molecule has 17 heavy (non-hydrogen) atoms. The molecule has 0 bridgehead atoms. The van der Waals surface area contributed by atoms with Gasteiger partial charge >= 0.3 is 5.97 Å². The largest absolute Gasteiger partial charge is 0.478 e. The van der Waals surface area contributed by atoms with Crippen molar-refractivity contribution in [3.63, 3.8) is 0 Å². The Morgan fingerprint density at radius 3 is 2.24 bits per heavy atom. The first-order chi connectivity index (χ1) is 8.00. The molecule has 1 saturated heterocycles. The van der Waals surface area contributed by atoms with E-state index in [-0.39, 0.29) is 23.5 Å². The fraction of sp³-hybridized carbons (Fsp3) is 0.0833. The molecule has 1 aromatic carbocycles. The third kappa shape index (κ3) is 1.82. The van der Waals surface area contributed by atoms with E-state index in [1.165, 1.54) is 24.3 Å². The molecule has 2 rings (SSSR count). The predicted molar refractivity (Wildman–Crippen MR) is 59.7 cm³/mol. The monoisotopic (exact) mass is 231 g/mol. The van der Waals surface area contributed by atoms with Crippen molar-refractivity contribution >= 4 is 23.5 Å². The summed E-state index contributed by atoms with van der Waals surface area (Å²) in [5.41, 5.74) is 0.715. The molecule has 0 aromatic heterocycles. The molecule has 5 heteroatoms. The number of carbonyl (C=O) groups excluding carboxylic acids is 2. The Morgan fingerprint density at radius 1 is 1.24 bits per heavy atom. The van der Waals surface area contributed by atoms with Crippen molar-refractivity contribution < 1.29 is 19.5 Å². The smallest absolute Gasteiger partial charge is 0.335 e. The van der Waals surface area contributed by atoms with E-state index in [0.717, 1.165) is 4.90 Å². The van der Waals surface area contributed by atoms with Crippen LogP contribution < -0.4 is 4.90 Å². The lowest BCUT2D eigenvalue weighted by Crippen LogP contribution is -2.28. The van der Waals surface area contributed by atoms with E-state index >= 15 is 0 Å². The lowest BCUT2D eigenvalue weighted by molar-refractivity contribution is -0.120. The number of anilines is 1. The zero-order chi connectivity index (χ0) is 12.6. The van der Waals surface area contributed by atoms with Crippen LogP contribution in [-0.4, -0.2) is 22.9 Å². The van der Waals surface area contributed by atoms with Gasteiger partial charge in [-0.05, 0) is 24.3 Å². The first-order valence-corrected chi connectivity index (χ1v) is 4.89. The Hall–Kier alpha value is -2.43. The minimum atomic E-state index is -1.06. The number of rotatable bonds is 2. The minimum absolute atomic E-state index is 0.0134. The number of carboxylic acids is 1. The van der Waals surface area contributed by atoms with Crippen molar-refractivity contribution in [3.05, 3.63) is 42.0 Å². The molecule has 1 aliphatic heterocycles. The van der Waals surface area contributed by atoms with Crippen molar-refractivity contribution in [1.82, 2.24) is 0 Å². The summed E-state index contributed by atoms with van der Waals surface area (Å²) in [7, 11) is 0. The van der Waals surface area contributed by atoms with Crippen LogP contribution in [0, 0.1) is 0 Å². The Kier molecular flexibility index (Phi) is 2.51. The number of hydrogen-bond donors (Lipinski definition) is 1. The van der Waals surface area contributed by atoms with Crippen LogP contribution in [0.3, 0.4) is 0 Å². The molecule has 1 fully saturated rings. The fourth-order valence-electron chi connectivity index (χ4n) is 1.62. The molecule has 1 N–H and O–H groups in total. The topological polar surface area (TPSA) is 74.7 Å². The van der Waals surface area contributed by atoms with E-state index in [4.69, 9.17) is 5.11 Å². The second kappa shape index (κ2) is 3.86. The summed E-state index contributed by atoms with van der Waals surface area (Å²) in [6.45, 7) is 3.50. The van der Waals surface area contributed by atoms with Crippen molar-refractivity contribution in [2.24, 2.45) is 0 Å². The van der Waals surface area contributed by atoms with Crippen molar-refractivity contribution in [2.75, 3.05) is 4.90 Å². The molecule has 0 saturated carbocycles. The van der Waals surface area contributed by atoms with Crippen LogP contribution in [0.1, 0.15) is 16.8 Å². The van der Waals surface area contributed by atoms with Gasteiger partial charge in [-0.25, -0.2) is 9.69 Å². The van der Waals surface area contributed by atoms with Crippen molar-refractivity contribution in [3.8, 4) is 0 Å². The van der Waals surface area contributed by atoms with E-state index in [2.05, 4.69) is 6.58 Å². The average molecular weight is 231 g/mol. The summed E-state index contributed by atoms with van der Waals surface area (Å²) in [5, 5.41) is 8.73. The SMILES string of the molecule is C=C1CC(=O)N(c2ccc(C(=O)O)cc2)C1=O. The predicted octanol–water partition coefficient (Wildman–Crippen LogP) is 1.20. The second-order valence-corrected chi connectivity index (χ2v) is 3.67. The maximum absolute atomic E-state index is 11.6. The van der Waals surface area contributed by atoms with Gasteiger partial charge in [-0.15, -0.1) is 0 Å². The van der Waals surface area contributed by atoms with Gasteiger partial charge in [-0.3, -0.25) is 9.59 Å². The number of hydrogen-bond acceptors (Lipinski definition) is 3. The third-order valence-electron chi connectivity index (χ3n) is 2.49. The van der Waals surface area contributed by atoms with Crippen molar-refractivity contribution in [2.45, 2.75) is 6.42 Å². The van der Waals surface area contributed by atoms with E-state index in [0.29, 0.717) is 5.69 Å². The van der Waals surface area contributed by atoms with Gasteiger partial charge in [0, 0.05) is 5.57 Å². The lowest BCUT2D eigenvalue weighted by atomic mass is 10.2. The molecular formula is C12H9NO4. The Bertz CT molecular complexity index is 530. The first-order valence-electron chi connectivity index (χ1n) is 4.89. The number of benzene rings is 1. The normalized spacial score (nSPS) is 15.5. The van der Waals surface area contributed by atoms with Crippen LogP contribution >= 0.6 is 0 Å². The Morgan fingerprint density at radius 2 is 1.82 bits per heavy atom. The van der Waals surface area contributed by atoms with Gasteiger partial charge in [0.2, 0.25) is 5.91 Å². The number of nitrogens with zero attached hydrogens (tertiary/aromatic N) is 1. The Labute approximate surface area is 97.0 Å². The molecule has 5 nitrogen and oxygen atoms in total. The molecule has 86 valence electrons. The van der Waals surface area contributed by atoms with Gasteiger partial charge in [-0.1, -0.05) is 6.58 Å². The molecule has 1 aliphatic rings. The number of carbonyl (C=O) groups is 3. The van der Waals surface area contributed by atoms with Gasteiger partial charge in [0.1, 0.15) is 0 Å². The highest BCUT2D eigenvalue weighted by molar-refractivity contribution is 6.27. The summed E-state index contributed by atoms with van der Waals surface area (Å²) in [5.74, 6) is -1.83. The summed E-state index contributed by atoms with van der Waals surface area (Å²) in [6.07, 6.45) is 0.0134. The molecule has 0 spiro atoms. The summed E-state index contributed by atoms with van der Waals surface area (Å²) < 4.78 is 0. The highest BCUT2D eigenvalue weighted by Gasteiger charge is 2.33. The van der Waals surface area contributed by atoms with Gasteiger partial charge in [0.15, 0.2) is 0 Å².